The largest absolute Gasteiger partial charge is 0.368 e. The number of anilines is 1. The van der Waals surface area contributed by atoms with Crippen LogP contribution in [0, 0.1) is 0 Å². The van der Waals surface area contributed by atoms with E-state index in [1.807, 2.05) is 49.2 Å². The van der Waals surface area contributed by atoms with Gasteiger partial charge in [-0.25, -0.2) is 9.97 Å². The Morgan fingerprint density at radius 1 is 0.947 bits per heavy atom. The van der Waals surface area contributed by atoms with Crippen molar-refractivity contribution in [2.24, 2.45) is 0 Å². The number of Topliss-reactive ketones (excluding diaryl/α,β-unsaturated/α-hetero) is 1. The van der Waals surface area contributed by atoms with E-state index >= 15 is 0 Å². The van der Waals surface area contributed by atoms with Crippen LogP contribution >= 0.6 is 0 Å². The van der Waals surface area contributed by atoms with Crippen molar-refractivity contribution in [2.75, 3.05) is 39.0 Å². The second-order valence-electron chi connectivity index (χ2n) is 10.3. The van der Waals surface area contributed by atoms with E-state index < -0.39 is 5.92 Å². The molecule has 3 heterocycles. The highest BCUT2D eigenvalue weighted by atomic mass is 16.2. The molecule has 38 heavy (non-hydrogen) atoms. The van der Waals surface area contributed by atoms with Crippen molar-refractivity contribution >= 4 is 34.4 Å². The number of benzene rings is 2. The van der Waals surface area contributed by atoms with Gasteiger partial charge in [-0.3, -0.25) is 14.4 Å². The van der Waals surface area contributed by atoms with E-state index in [2.05, 4.69) is 14.9 Å². The number of piperazine rings is 1. The van der Waals surface area contributed by atoms with Crippen molar-refractivity contribution in [3.8, 4) is 0 Å². The zero-order chi connectivity index (χ0) is 26.8. The SMILES string of the molecule is CCCC(=O)C(CC(=O)N1CCN(C)CC1)c1ccc2nc(N)nc(C(=O)N3Cc4ccccc4C3)c2c1. The maximum absolute atomic E-state index is 13.7. The van der Waals surface area contributed by atoms with Crippen molar-refractivity contribution in [2.45, 2.75) is 45.2 Å². The molecule has 0 radical (unpaired) electrons. The molecule has 5 rings (SSSR count). The van der Waals surface area contributed by atoms with E-state index in [1.165, 1.54) is 0 Å². The zero-order valence-corrected chi connectivity index (χ0v) is 22.0. The smallest absolute Gasteiger partial charge is 0.273 e. The third-order valence-corrected chi connectivity index (χ3v) is 7.59. The van der Waals surface area contributed by atoms with Gasteiger partial charge in [-0.1, -0.05) is 37.3 Å². The van der Waals surface area contributed by atoms with E-state index in [0.29, 0.717) is 55.5 Å². The molecule has 0 aliphatic carbocycles. The van der Waals surface area contributed by atoms with Crippen LogP contribution in [0.1, 0.15) is 59.3 Å². The minimum absolute atomic E-state index is 0.0210. The van der Waals surface area contributed by atoms with E-state index in [-0.39, 0.29) is 35.7 Å². The summed E-state index contributed by atoms with van der Waals surface area (Å²) >= 11 is 0. The molecule has 0 saturated carbocycles. The Kier molecular flexibility index (Phi) is 7.37. The van der Waals surface area contributed by atoms with Crippen LogP contribution in [0.4, 0.5) is 5.95 Å². The van der Waals surface area contributed by atoms with Gasteiger partial charge in [0.25, 0.3) is 5.91 Å². The molecule has 2 aliphatic heterocycles. The molecule has 0 spiro atoms. The second kappa shape index (κ2) is 10.9. The summed E-state index contributed by atoms with van der Waals surface area (Å²) < 4.78 is 0. The lowest BCUT2D eigenvalue weighted by atomic mass is 9.88. The van der Waals surface area contributed by atoms with Crippen LogP contribution in [0.2, 0.25) is 0 Å². The number of likely N-dealkylation sites (N-methyl/N-ethyl adjacent to an activating group) is 1. The Balaban J connectivity index is 1.47. The fourth-order valence-corrected chi connectivity index (χ4v) is 5.37. The first-order chi connectivity index (χ1) is 18.3. The highest BCUT2D eigenvalue weighted by Gasteiger charge is 2.30. The Morgan fingerprint density at radius 3 is 2.29 bits per heavy atom. The highest BCUT2D eigenvalue weighted by Crippen LogP contribution is 2.30. The number of carbonyl (C=O) groups excluding carboxylic acids is 3. The molecule has 1 atom stereocenters. The predicted octanol–water partition coefficient (Wildman–Crippen LogP) is 2.98. The molecule has 2 N–H and O–H groups in total. The number of fused-ring (bicyclic) bond motifs is 2. The van der Waals surface area contributed by atoms with Crippen molar-refractivity contribution in [1.29, 1.82) is 0 Å². The third-order valence-electron chi connectivity index (χ3n) is 7.59. The molecule has 1 fully saturated rings. The van der Waals surface area contributed by atoms with Gasteiger partial charge >= 0.3 is 0 Å². The zero-order valence-electron chi connectivity index (χ0n) is 22.0. The monoisotopic (exact) mass is 514 g/mol. The average molecular weight is 515 g/mol. The van der Waals surface area contributed by atoms with Crippen LogP contribution in [0.5, 0.6) is 0 Å². The molecule has 0 bridgehead atoms. The quantitative estimate of drug-likeness (QED) is 0.516. The molecule has 2 amide bonds. The number of carbonyl (C=O) groups is 3. The summed E-state index contributed by atoms with van der Waals surface area (Å²) in [4.78, 5) is 54.6. The number of hydrogen-bond acceptors (Lipinski definition) is 7. The minimum atomic E-state index is -0.594. The molecule has 1 unspecified atom stereocenters. The van der Waals surface area contributed by atoms with Crippen molar-refractivity contribution in [3.05, 3.63) is 64.8 Å². The minimum Gasteiger partial charge on any atom is -0.368 e. The van der Waals surface area contributed by atoms with Crippen molar-refractivity contribution in [3.63, 3.8) is 0 Å². The molecular weight excluding hydrogens is 480 g/mol. The normalized spacial score (nSPS) is 16.5. The molecular formula is C29H34N6O3. The fourth-order valence-electron chi connectivity index (χ4n) is 5.37. The Labute approximate surface area is 222 Å². The third kappa shape index (κ3) is 5.24. The standard InChI is InChI=1S/C29H34N6O3/c1-3-6-25(36)22(16-26(37)34-13-11-33(2)12-14-34)19-9-10-24-23(15-19)27(32-29(30)31-24)28(38)35-17-20-7-4-5-8-21(20)18-35/h4-5,7-10,15,22H,3,6,11-14,16-18H2,1-2H3,(H2,30,31,32). The predicted molar refractivity (Wildman–Crippen MR) is 145 cm³/mol. The molecule has 1 saturated heterocycles. The highest BCUT2D eigenvalue weighted by molar-refractivity contribution is 6.05. The van der Waals surface area contributed by atoms with E-state index in [9.17, 15) is 14.4 Å². The van der Waals surface area contributed by atoms with Gasteiger partial charge in [-0.2, -0.15) is 0 Å². The first-order valence-corrected chi connectivity index (χ1v) is 13.3. The Morgan fingerprint density at radius 2 is 1.63 bits per heavy atom. The first-order valence-electron chi connectivity index (χ1n) is 13.3. The van der Waals surface area contributed by atoms with Crippen LogP contribution in [-0.4, -0.2) is 75.5 Å². The molecule has 9 heteroatoms. The number of aromatic nitrogens is 2. The van der Waals surface area contributed by atoms with Crippen LogP contribution in [0.15, 0.2) is 42.5 Å². The summed E-state index contributed by atoms with van der Waals surface area (Å²) in [6.45, 7) is 5.91. The molecule has 3 aromatic rings. The summed E-state index contributed by atoms with van der Waals surface area (Å²) in [5.74, 6) is -0.805. The number of rotatable bonds is 7. The van der Waals surface area contributed by atoms with Crippen LogP contribution in [0.3, 0.4) is 0 Å². The van der Waals surface area contributed by atoms with Gasteiger partial charge < -0.3 is 20.4 Å². The summed E-state index contributed by atoms with van der Waals surface area (Å²) in [7, 11) is 2.04. The molecule has 2 aromatic carbocycles. The number of nitrogens with zero attached hydrogens (tertiary/aromatic N) is 5. The lowest BCUT2D eigenvalue weighted by Gasteiger charge is -2.33. The number of hydrogen-bond donors (Lipinski definition) is 1. The van der Waals surface area contributed by atoms with E-state index in [0.717, 1.165) is 24.2 Å². The maximum atomic E-state index is 13.7. The van der Waals surface area contributed by atoms with E-state index in [4.69, 9.17) is 5.73 Å². The Hall–Kier alpha value is -3.85. The van der Waals surface area contributed by atoms with Gasteiger partial charge in [0.1, 0.15) is 11.5 Å². The van der Waals surface area contributed by atoms with Crippen LogP contribution in [-0.2, 0) is 22.7 Å². The first kappa shape index (κ1) is 25.8. The second-order valence-corrected chi connectivity index (χ2v) is 10.3. The van der Waals surface area contributed by atoms with Crippen molar-refractivity contribution in [1.82, 2.24) is 24.7 Å². The van der Waals surface area contributed by atoms with Gasteiger partial charge in [0, 0.05) is 57.5 Å². The van der Waals surface area contributed by atoms with Gasteiger partial charge in [0.05, 0.1) is 11.4 Å². The van der Waals surface area contributed by atoms with Gasteiger partial charge in [0.2, 0.25) is 11.9 Å². The van der Waals surface area contributed by atoms with Gasteiger partial charge in [0.15, 0.2) is 0 Å². The van der Waals surface area contributed by atoms with Crippen molar-refractivity contribution < 1.29 is 14.4 Å². The molecule has 1 aromatic heterocycles. The summed E-state index contributed by atoms with van der Waals surface area (Å²) in [6.07, 6.45) is 1.19. The Bertz CT molecular complexity index is 1360. The fraction of sp³-hybridized carbons (Fsp3) is 0.414. The van der Waals surface area contributed by atoms with E-state index in [1.54, 1.807) is 17.0 Å². The number of nitrogen functional groups attached to an aromatic ring is 1. The van der Waals surface area contributed by atoms with Gasteiger partial charge in [-0.05, 0) is 42.3 Å². The molecule has 9 nitrogen and oxygen atoms in total. The average Bonchev–Trinajstić information content (AvgIpc) is 3.35. The van der Waals surface area contributed by atoms with Crippen LogP contribution in [0.25, 0.3) is 10.9 Å². The molecule has 198 valence electrons. The lowest BCUT2D eigenvalue weighted by Crippen LogP contribution is -2.47. The number of nitrogens with two attached hydrogens (primary N) is 1. The number of ketones is 1. The number of amides is 2. The molecule has 2 aliphatic rings. The summed E-state index contributed by atoms with van der Waals surface area (Å²) in [5.41, 5.74) is 9.66. The van der Waals surface area contributed by atoms with Gasteiger partial charge in [-0.15, -0.1) is 0 Å². The summed E-state index contributed by atoms with van der Waals surface area (Å²) in [5, 5.41) is 0.541. The summed E-state index contributed by atoms with van der Waals surface area (Å²) in [6, 6.07) is 13.4. The maximum Gasteiger partial charge on any atom is 0.273 e. The topological polar surface area (TPSA) is 113 Å². The van der Waals surface area contributed by atoms with Crippen LogP contribution < -0.4 is 5.73 Å². The lowest BCUT2D eigenvalue weighted by molar-refractivity contribution is -0.135.